The van der Waals surface area contributed by atoms with Crippen molar-refractivity contribution < 1.29 is 13.5 Å². The highest BCUT2D eigenvalue weighted by Crippen LogP contribution is 2.32. The van der Waals surface area contributed by atoms with Crippen LogP contribution in [0.3, 0.4) is 0 Å². The Hall–Kier alpha value is -0.920. The highest BCUT2D eigenvalue weighted by Gasteiger charge is 2.34. The molecule has 0 radical (unpaired) electrons. The molecule has 0 amide bonds. The Bertz CT molecular complexity index is 511. The van der Waals surface area contributed by atoms with E-state index in [1.54, 1.807) is 0 Å². The molecule has 1 saturated carbocycles. The Kier molecular flexibility index (Phi) is 3.74. The SMILES string of the molecule is CC1CCC(NS(=O)(=O)c2[nH]ncc2CO)C1C. The van der Waals surface area contributed by atoms with Gasteiger partial charge in [-0.2, -0.15) is 5.10 Å². The van der Waals surface area contributed by atoms with Crippen molar-refractivity contribution in [3.63, 3.8) is 0 Å². The molecule has 0 aliphatic heterocycles. The third kappa shape index (κ3) is 2.43. The average molecular weight is 273 g/mol. The van der Waals surface area contributed by atoms with Crippen LogP contribution < -0.4 is 4.72 Å². The maximum absolute atomic E-state index is 12.2. The number of rotatable bonds is 4. The molecular formula is C11H19N3O3S. The molecule has 3 N–H and O–H groups in total. The lowest BCUT2D eigenvalue weighted by Gasteiger charge is -2.19. The van der Waals surface area contributed by atoms with Crippen molar-refractivity contribution in [1.82, 2.24) is 14.9 Å². The summed E-state index contributed by atoms with van der Waals surface area (Å²) in [6.07, 6.45) is 3.21. The molecule has 7 heteroatoms. The highest BCUT2D eigenvalue weighted by atomic mass is 32.2. The van der Waals surface area contributed by atoms with Gasteiger partial charge in [0.1, 0.15) is 0 Å². The van der Waals surface area contributed by atoms with Gasteiger partial charge in [0.25, 0.3) is 10.0 Å². The van der Waals surface area contributed by atoms with Crippen LogP contribution in [0, 0.1) is 11.8 Å². The van der Waals surface area contributed by atoms with Gasteiger partial charge in [0.05, 0.1) is 12.8 Å². The molecule has 3 unspecified atom stereocenters. The van der Waals surface area contributed by atoms with Crippen LogP contribution in [0.15, 0.2) is 11.2 Å². The summed E-state index contributed by atoms with van der Waals surface area (Å²) in [7, 11) is -3.63. The van der Waals surface area contributed by atoms with E-state index >= 15 is 0 Å². The van der Waals surface area contributed by atoms with E-state index in [2.05, 4.69) is 28.8 Å². The summed E-state index contributed by atoms with van der Waals surface area (Å²) >= 11 is 0. The number of aliphatic hydroxyl groups excluding tert-OH is 1. The van der Waals surface area contributed by atoms with Gasteiger partial charge in [-0.25, -0.2) is 13.1 Å². The number of nitrogens with zero attached hydrogens (tertiary/aromatic N) is 1. The van der Waals surface area contributed by atoms with Crippen molar-refractivity contribution >= 4 is 10.0 Å². The first-order valence-corrected chi connectivity index (χ1v) is 7.59. The number of hydrogen-bond donors (Lipinski definition) is 3. The van der Waals surface area contributed by atoms with Crippen LogP contribution in [-0.2, 0) is 16.6 Å². The predicted molar refractivity (Wildman–Crippen MR) is 66.2 cm³/mol. The van der Waals surface area contributed by atoms with Crippen molar-refractivity contribution in [3.8, 4) is 0 Å². The van der Waals surface area contributed by atoms with Gasteiger partial charge >= 0.3 is 0 Å². The van der Waals surface area contributed by atoms with Gasteiger partial charge in [-0.3, -0.25) is 5.10 Å². The maximum Gasteiger partial charge on any atom is 0.258 e. The fourth-order valence-electron chi connectivity index (χ4n) is 2.43. The van der Waals surface area contributed by atoms with E-state index in [1.807, 2.05) is 0 Å². The van der Waals surface area contributed by atoms with Gasteiger partial charge < -0.3 is 5.11 Å². The van der Waals surface area contributed by atoms with Gasteiger partial charge in [0, 0.05) is 11.6 Å². The minimum atomic E-state index is -3.63. The summed E-state index contributed by atoms with van der Waals surface area (Å²) in [5.74, 6) is 0.844. The Morgan fingerprint density at radius 2 is 2.22 bits per heavy atom. The minimum Gasteiger partial charge on any atom is -0.392 e. The van der Waals surface area contributed by atoms with E-state index < -0.39 is 10.0 Å². The molecular weight excluding hydrogens is 254 g/mol. The summed E-state index contributed by atoms with van der Waals surface area (Å²) < 4.78 is 27.1. The van der Waals surface area contributed by atoms with Crippen LogP contribution in [0.5, 0.6) is 0 Å². The molecule has 1 aliphatic carbocycles. The molecule has 1 aromatic rings. The minimum absolute atomic E-state index is 0.0308. The zero-order valence-corrected chi connectivity index (χ0v) is 11.4. The third-order valence-corrected chi connectivity index (χ3v) is 5.39. The van der Waals surface area contributed by atoms with Gasteiger partial charge in [-0.15, -0.1) is 0 Å². The number of H-pyrrole nitrogens is 1. The van der Waals surface area contributed by atoms with E-state index in [1.165, 1.54) is 6.20 Å². The van der Waals surface area contributed by atoms with E-state index in [0.717, 1.165) is 12.8 Å². The number of aromatic nitrogens is 2. The van der Waals surface area contributed by atoms with E-state index in [-0.39, 0.29) is 17.7 Å². The Labute approximate surface area is 107 Å². The van der Waals surface area contributed by atoms with Crippen molar-refractivity contribution in [1.29, 1.82) is 0 Å². The van der Waals surface area contributed by atoms with Gasteiger partial charge in [-0.05, 0) is 24.7 Å². The van der Waals surface area contributed by atoms with Crippen molar-refractivity contribution in [3.05, 3.63) is 11.8 Å². The van der Waals surface area contributed by atoms with Crippen LogP contribution >= 0.6 is 0 Å². The first-order chi connectivity index (χ1) is 8.45. The van der Waals surface area contributed by atoms with Gasteiger partial charge in [0.15, 0.2) is 5.03 Å². The number of aliphatic hydroxyl groups is 1. The lowest BCUT2D eigenvalue weighted by atomic mass is 9.98. The van der Waals surface area contributed by atoms with Crippen molar-refractivity contribution in [2.75, 3.05) is 0 Å². The summed E-state index contributed by atoms with van der Waals surface area (Å²) in [5.41, 5.74) is 0.293. The van der Waals surface area contributed by atoms with Crippen LogP contribution in [0.1, 0.15) is 32.3 Å². The highest BCUT2D eigenvalue weighted by molar-refractivity contribution is 7.89. The molecule has 18 heavy (non-hydrogen) atoms. The number of hydrogen-bond acceptors (Lipinski definition) is 4. The van der Waals surface area contributed by atoms with Crippen LogP contribution in [-0.4, -0.2) is 29.8 Å². The second-order valence-corrected chi connectivity index (χ2v) is 6.67. The topological polar surface area (TPSA) is 95.1 Å². The fraction of sp³-hybridized carbons (Fsp3) is 0.727. The molecule has 1 heterocycles. The molecule has 0 saturated heterocycles. The molecule has 0 aromatic carbocycles. The lowest BCUT2D eigenvalue weighted by Crippen LogP contribution is -2.37. The maximum atomic E-state index is 12.2. The lowest BCUT2D eigenvalue weighted by molar-refractivity contribution is 0.278. The van der Waals surface area contributed by atoms with Crippen LogP contribution in [0.2, 0.25) is 0 Å². The van der Waals surface area contributed by atoms with Crippen LogP contribution in [0.25, 0.3) is 0 Å². The molecule has 2 rings (SSSR count). The molecule has 6 nitrogen and oxygen atoms in total. The Morgan fingerprint density at radius 3 is 2.78 bits per heavy atom. The smallest absolute Gasteiger partial charge is 0.258 e. The number of nitrogens with one attached hydrogen (secondary N) is 2. The average Bonchev–Trinajstić information content (AvgIpc) is 2.91. The molecule has 0 bridgehead atoms. The van der Waals surface area contributed by atoms with Gasteiger partial charge in [0.2, 0.25) is 0 Å². The van der Waals surface area contributed by atoms with Gasteiger partial charge in [-0.1, -0.05) is 13.8 Å². The fourth-order valence-corrected chi connectivity index (χ4v) is 3.92. The first kappa shape index (κ1) is 13.5. The van der Waals surface area contributed by atoms with Crippen molar-refractivity contribution in [2.45, 2.75) is 44.4 Å². The molecule has 0 spiro atoms. The summed E-state index contributed by atoms with van der Waals surface area (Å²) in [4.78, 5) is 0. The monoisotopic (exact) mass is 273 g/mol. The normalized spacial score (nSPS) is 28.7. The molecule has 3 atom stereocenters. The first-order valence-electron chi connectivity index (χ1n) is 6.11. The summed E-state index contributed by atoms with van der Waals surface area (Å²) in [6.45, 7) is 3.85. The van der Waals surface area contributed by atoms with E-state index in [4.69, 9.17) is 5.11 Å². The molecule has 1 fully saturated rings. The van der Waals surface area contributed by atoms with E-state index in [0.29, 0.717) is 17.4 Å². The number of aromatic amines is 1. The number of sulfonamides is 1. The second-order valence-electron chi connectivity index (χ2n) is 5.02. The van der Waals surface area contributed by atoms with Crippen molar-refractivity contribution in [2.24, 2.45) is 11.8 Å². The standard InChI is InChI=1S/C11H19N3O3S/c1-7-3-4-10(8(7)2)14-18(16,17)11-9(6-15)5-12-13-11/h5,7-8,10,14-15H,3-4,6H2,1-2H3,(H,12,13). The predicted octanol–water partition coefficient (Wildman–Crippen LogP) is 0.615. The molecule has 1 aromatic heterocycles. The Morgan fingerprint density at radius 1 is 1.50 bits per heavy atom. The summed E-state index contributed by atoms with van der Waals surface area (Å²) in [6, 6.07) is -0.0418. The zero-order valence-electron chi connectivity index (χ0n) is 10.5. The summed E-state index contributed by atoms with van der Waals surface area (Å²) in [5, 5.41) is 15.1. The second kappa shape index (κ2) is 4.99. The molecule has 102 valence electrons. The van der Waals surface area contributed by atoms with Crippen LogP contribution in [0.4, 0.5) is 0 Å². The largest absolute Gasteiger partial charge is 0.392 e. The third-order valence-electron chi connectivity index (χ3n) is 3.89. The van der Waals surface area contributed by atoms with E-state index in [9.17, 15) is 8.42 Å². The molecule has 1 aliphatic rings. The zero-order chi connectivity index (χ0) is 13.3. The quantitative estimate of drug-likeness (QED) is 0.749. The Balaban J connectivity index is 2.18.